The van der Waals surface area contributed by atoms with E-state index < -0.39 is 5.97 Å². The van der Waals surface area contributed by atoms with Crippen molar-refractivity contribution in [1.29, 1.82) is 0 Å². The average molecular weight is 259 g/mol. The summed E-state index contributed by atoms with van der Waals surface area (Å²) in [5, 5.41) is 8.96. The molecule has 17 heavy (non-hydrogen) atoms. The molecule has 0 radical (unpaired) electrons. The fourth-order valence-corrected chi connectivity index (χ4v) is 1.73. The molecule has 0 saturated heterocycles. The van der Waals surface area contributed by atoms with Crippen LogP contribution in [0.15, 0.2) is 12.1 Å². The SMILES string of the molecule is COc1cc(C)c(CCOCC(=O)O)cc1Cl. The molecular weight excluding hydrogens is 244 g/mol. The highest BCUT2D eigenvalue weighted by Crippen LogP contribution is 2.27. The van der Waals surface area contributed by atoms with E-state index in [1.165, 1.54) is 0 Å². The Kier molecular flexibility index (Phi) is 5.25. The van der Waals surface area contributed by atoms with Gasteiger partial charge in [-0.2, -0.15) is 0 Å². The number of aryl methyl sites for hydroxylation is 1. The number of ether oxygens (including phenoxy) is 2. The molecule has 0 heterocycles. The summed E-state index contributed by atoms with van der Waals surface area (Å²) in [5.41, 5.74) is 2.08. The smallest absolute Gasteiger partial charge is 0.329 e. The molecule has 0 fully saturated rings. The highest BCUT2D eigenvalue weighted by atomic mass is 35.5. The van der Waals surface area contributed by atoms with Gasteiger partial charge in [-0.05, 0) is 36.6 Å². The molecule has 0 amide bonds. The number of carboxylic acids is 1. The molecule has 0 unspecified atom stereocenters. The topological polar surface area (TPSA) is 55.8 Å². The van der Waals surface area contributed by atoms with Gasteiger partial charge >= 0.3 is 5.97 Å². The van der Waals surface area contributed by atoms with Gasteiger partial charge in [0.2, 0.25) is 0 Å². The van der Waals surface area contributed by atoms with Gasteiger partial charge in [0.05, 0.1) is 18.7 Å². The van der Waals surface area contributed by atoms with Gasteiger partial charge in [-0.1, -0.05) is 11.6 Å². The minimum atomic E-state index is -0.963. The van der Waals surface area contributed by atoms with E-state index in [4.69, 9.17) is 26.2 Å². The number of rotatable bonds is 6. The molecule has 1 rings (SSSR count). The molecule has 0 atom stereocenters. The van der Waals surface area contributed by atoms with Crippen molar-refractivity contribution in [3.05, 3.63) is 28.3 Å². The fourth-order valence-electron chi connectivity index (χ4n) is 1.46. The quantitative estimate of drug-likeness (QED) is 0.796. The maximum atomic E-state index is 10.3. The highest BCUT2D eigenvalue weighted by Gasteiger charge is 2.06. The summed E-state index contributed by atoms with van der Waals surface area (Å²) in [6.45, 7) is 2.03. The van der Waals surface area contributed by atoms with Gasteiger partial charge in [-0.15, -0.1) is 0 Å². The number of carboxylic acid groups (broad SMARTS) is 1. The number of hydrogen-bond acceptors (Lipinski definition) is 3. The normalized spacial score (nSPS) is 10.3. The second-order valence-corrected chi connectivity index (χ2v) is 4.02. The summed E-state index contributed by atoms with van der Waals surface area (Å²) in [7, 11) is 1.57. The van der Waals surface area contributed by atoms with Gasteiger partial charge in [0.25, 0.3) is 0 Å². The number of benzene rings is 1. The Balaban J connectivity index is 2.59. The minimum absolute atomic E-state index is 0.275. The summed E-state index contributed by atoms with van der Waals surface area (Å²) >= 11 is 6.00. The van der Waals surface area contributed by atoms with Crippen molar-refractivity contribution in [2.24, 2.45) is 0 Å². The van der Waals surface area contributed by atoms with Crippen molar-refractivity contribution in [2.45, 2.75) is 13.3 Å². The van der Waals surface area contributed by atoms with Crippen LogP contribution in [0, 0.1) is 6.92 Å². The van der Waals surface area contributed by atoms with E-state index in [0.717, 1.165) is 11.1 Å². The average Bonchev–Trinajstić information content (AvgIpc) is 2.28. The summed E-state index contributed by atoms with van der Waals surface area (Å²) in [5.74, 6) is -0.325. The van der Waals surface area contributed by atoms with E-state index in [9.17, 15) is 4.79 Å². The molecule has 94 valence electrons. The van der Waals surface area contributed by atoms with Gasteiger partial charge in [-0.3, -0.25) is 0 Å². The summed E-state index contributed by atoms with van der Waals surface area (Å²) < 4.78 is 10.1. The van der Waals surface area contributed by atoms with Crippen molar-refractivity contribution in [3.8, 4) is 5.75 Å². The minimum Gasteiger partial charge on any atom is -0.495 e. The van der Waals surface area contributed by atoms with Crippen LogP contribution in [0.25, 0.3) is 0 Å². The molecule has 1 aromatic carbocycles. The summed E-state index contributed by atoms with van der Waals surface area (Å²) in [6.07, 6.45) is 0.628. The van der Waals surface area contributed by atoms with Crippen LogP contribution in [0.2, 0.25) is 5.02 Å². The van der Waals surface area contributed by atoms with Crippen molar-refractivity contribution in [1.82, 2.24) is 0 Å². The first-order valence-electron chi connectivity index (χ1n) is 5.17. The van der Waals surface area contributed by atoms with E-state index in [0.29, 0.717) is 23.8 Å². The lowest BCUT2D eigenvalue weighted by molar-refractivity contribution is -0.142. The van der Waals surface area contributed by atoms with E-state index in [-0.39, 0.29) is 6.61 Å². The largest absolute Gasteiger partial charge is 0.495 e. The molecule has 0 saturated carbocycles. The molecule has 0 aromatic heterocycles. The van der Waals surface area contributed by atoms with Crippen LogP contribution >= 0.6 is 11.6 Å². The van der Waals surface area contributed by atoms with Crippen LogP contribution in [-0.4, -0.2) is 31.4 Å². The molecule has 0 aliphatic carbocycles. The Hall–Kier alpha value is -1.26. The molecule has 0 spiro atoms. The monoisotopic (exact) mass is 258 g/mol. The van der Waals surface area contributed by atoms with Crippen molar-refractivity contribution in [2.75, 3.05) is 20.3 Å². The molecule has 1 aromatic rings. The zero-order valence-corrected chi connectivity index (χ0v) is 10.6. The van der Waals surface area contributed by atoms with E-state index in [1.54, 1.807) is 7.11 Å². The third-order valence-electron chi connectivity index (χ3n) is 2.35. The molecular formula is C12H15ClO4. The standard InChI is InChI=1S/C12H15ClO4/c1-8-5-11(16-2)10(13)6-9(8)3-4-17-7-12(14)15/h5-6H,3-4,7H2,1-2H3,(H,14,15). The third-order valence-corrected chi connectivity index (χ3v) is 2.65. The van der Waals surface area contributed by atoms with E-state index in [2.05, 4.69) is 0 Å². The summed E-state index contributed by atoms with van der Waals surface area (Å²) in [4.78, 5) is 10.3. The zero-order valence-electron chi connectivity index (χ0n) is 9.83. The van der Waals surface area contributed by atoms with Gasteiger partial charge in [-0.25, -0.2) is 4.79 Å². The number of halogens is 1. The van der Waals surface area contributed by atoms with Crippen LogP contribution in [0.4, 0.5) is 0 Å². The Morgan fingerprint density at radius 3 is 2.76 bits per heavy atom. The lowest BCUT2D eigenvalue weighted by Crippen LogP contribution is -2.09. The number of hydrogen-bond donors (Lipinski definition) is 1. The Morgan fingerprint density at radius 1 is 1.47 bits per heavy atom. The molecule has 4 nitrogen and oxygen atoms in total. The molecule has 0 aliphatic heterocycles. The zero-order chi connectivity index (χ0) is 12.8. The van der Waals surface area contributed by atoms with Crippen LogP contribution in [0.3, 0.4) is 0 Å². The van der Waals surface area contributed by atoms with Crippen molar-refractivity contribution >= 4 is 17.6 Å². The Labute approximate surface area is 105 Å². The van der Waals surface area contributed by atoms with Crippen LogP contribution in [0.5, 0.6) is 5.75 Å². The highest BCUT2D eigenvalue weighted by molar-refractivity contribution is 6.32. The first kappa shape index (κ1) is 13.8. The number of methoxy groups -OCH3 is 1. The molecule has 1 N–H and O–H groups in total. The van der Waals surface area contributed by atoms with Crippen molar-refractivity contribution in [3.63, 3.8) is 0 Å². The van der Waals surface area contributed by atoms with Gasteiger partial charge in [0.15, 0.2) is 0 Å². The van der Waals surface area contributed by atoms with Gasteiger partial charge < -0.3 is 14.6 Å². The number of aliphatic carboxylic acids is 1. The second-order valence-electron chi connectivity index (χ2n) is 3.61. The predicted octanol–water partition coefficient (Wildman–Crippen LogP) is 2.30. The van der Waals surface area contributed by atoms with E-state index in [1.807, 2.05) is 19.1 Å². The fraction of sp³-hybridized carbons (Fsp3) is 0.417. The number of carbonyl (C=O) groups is 1. The van der Waals surface area contributed by atoms with Crippen LogP contribution in [-0.2, 0) is 16.0 Å². The maximum Gasteiger partial charge on any atom is 0.329 e. The predicted molar refractivity (Wildman–Crippen MR) is 64.9 cm³/mol. The van der Waals surface area contributed by atoms with Crippen LogP contribution in [0.1, 0.15) is 11.1 Å². The van der Waals surface area contributed by atoms with Crippen LogP contribution < -0.4 is 4.74 Å². The second kappa shape index (κ2) is 6.47. The summed E-state index contributed by atoms with van der Waals surface area (Å²) in [6, 6.07) is 3.68. The molecule has 5 heteroatoms. The first-order valence-corrected chi connectivity index (χ1v) is 5.55. The maximum absolute atomic E-state index is 10.3. The molecule has 0 aliphatic rings. The van der Waals surface area contributed by atoms with Gasteiger partial charge in [0, 0.05) is 0 Å². The third kappa shape index (κ3) is 4.24. The van der Waals surface area contributed by atoms with E-state index >= 15 is 0 Å². The first-order chi connectivity index (χ1) is 8.04. The Morgan fingerprint density at radius 2 is 2.18 bits per heavy atom. The lowest BCUT2D eigenvalue weighted by Gasteiger charge is -2.10. The lowest BCUT2D eigenvalue weighted by atomic mass is 10.1. The van der Waals surface area contributed by atoms with Crippen molar-refractivity contribution < 1.29 is 19.4 Å². The molecule has 0 bridgehead atoms. The van der Waals surface area contributed by atoms with Gasteiger partial charge in [0.1, 0.15) is 12.4 Å². The Bertz CT molecular complexity index is 404.